The number of nitrogens with zero attached hydrogens (tertiary/aromatic N) is 2. The molecule has 1 atom stereocenters. The summed E-state index contributed by atoms with van der Waals surface area (Å²) in [4.78, 5) is 27.9. The summed E-state index contributed by atoms with van der Waals surface area (Å²) in [6.07, 6.45) is 1.72. The predicted octanol–water partition coefficient (Wildman–Crippen LogP) is 1.03. The first kappa shape index (κ1) is 23.5. The second-order valence-corrected chi connectivity index (χ2v) is 6.70. The Morgan fingerprint density at radius 2 is 1.56 bits per heavy atom. The van der Waals surface area contributed by atoms with Crippen LogP contribution in [0.3, 0.4) is 0 Å². The first-order valence-corrected chi connectivity index (χ1v) is 8.83. The minimum atomic E-state index is -0.427. The van der Waals surface area contributed by atoms with E-state index in [-0.39, 0.29) is 36.6 Å². The third-order valence-electron chi connectivity index (χ3n) is 5.17. The Morgan fingerprint density at radius 3 is 2.07 bits per heavy atom. The van der Waals surface area contributed by atoms with Gasteiger partial charge in [-0.05, 0) is 43.0 Å². The summed E-state index contributed by atoms with van der Waals surface area (Å²) in [5.41, 5.74) is 13.0. The molecule has 0 aromatic heterocycles. The van der Waals surface area contributed by atoms with Gasteiger partial charge >= 0.3 is 0 Å². The monoisotopic (exact) mass is 418 g/mol. The van der Waals surface area contributed by atoms with Crippen molar-refractivity contribution < 1.29 is 14.3 Å². The SMILES string of the molecule is Cl.Cl.NC(=O)c1ccc(N2CCN(C(=O)C(N)C3CCOCC3)CC2)cc1. The van der Waals surface area contributed by atoms with Crippen molar-refractivity contribution >= 4 is 42.3 Å². The molecule has 2 aliphatic rings. The van der Waals surface area contributed by atoms with Gasteiger partial charge in [0.05, 0.1) is 6.04 Å². The van der Waals surface area contributed by atoms with Crippen molar-refractivity contribution in [3.8, 4) is 0 Å². The van der Waals surface area contributed by atoms with Crippen LogP contribution < -0.4 is 16.4 Å². The van der Waals surface area contributed by atoms with Crippen LogP contribution in [0.5, 0.6) is 0 Å². The van der Waals surface area contributed by atoms with E-state index in [1.54, 1.807) is 12.1 Å². The van der Waals surface area contributed by atoms with Crippen molar-refractivity contribution in [1.82, 2.24) is 4.90 Å². The van der Waals surface area contributed by atoms with Gasteiger partial charge in [-0.1, -0.05) is 0 Å². The lowest BCUT2D eigenvalue weighted by molar-refractivity contribution is -0.135. The first-order valence-electron chi connectivity index (χ1n) is 8.83. The van der Waals surface area contributed by atoms with Crippen LogP contribution >= 0.6 is 24.8 Å². The summed E-state index contributed by atoms with van der Waals surface area (Å²) < 4.78 is 5.35. The summed E-state index contributed by atoms with van der Waals surface area (Å²) in [6, 6.07) is 6.83. The van der Waals surface area contributed by atoms with Crippen molar-refractivity contribution in [2.24, 2.45) is 17.4 Å². The zero-order chi connectivity index (χ0) is 17.8. The summed E-state index contributed by atoms with van der Waals surface area (Å²) in [6.45, 7) is 4.21. The van der Waals surface area contributed by atoms with E-state index >= 15 is 0 Å². The lowest BCUT2D eigenvalue weighted by Crippen LogP contribution is -2.55. The molecule has 1 unspecified atom stereocenters. The molecule has 9 heteroatoms. The zero-order valence-corrected chi connectivity index (χ0v) is 16.8. The molecule has 0 saturated carbocycles. The van der Waals surface area contributed by atoms with Crippen LogP contribution in [0.1, 0.15) is 23.2 Å². The van der Waals surface area contributed by atoms with Crippen molar-refractivity contribution in [2.75, 3.05) is 44.3 Å². The number of rotatable bonds is 4. The molecule has 0 aliphatic carbocycles. The Kier molecular flexibility index (Phi) is 9.32. The number of primary amides is 1. The predicted molar refractivity (Wildman–Crippen MR) is 110 cm³/mol. The number of ether oxygens (including phenoxy) is 1. The third-order valence-corrected chi connectivity index (χ3v) is 5.17. The largest absolute Gasteiger partial charge is 0.381 e. The van der Waals surface area contributed by atoms with Gasteiger partial charge in [0.15, 0.2) is 0 Å². The molecule has 0 radical (unpaired) electrons. The highest BCUT2D eigenvalue weighted by Gasteiger charge is 2.31. The average Bonchev–Trinajstić information content (AvgIpc) is 2.67. The molecule has 3 rings (SSSR count). The van der Waals surface area contributed by atoms with Gasteiger partial charge in [0.2, 0.25) is 11.8 Å². The van der Waals surface area contributed by atoms with Gasteiger partial charge < -0.3 is 26.0 Å². The molecule has 4 N–H and O–H groups in total. The lowest BCUT2D eigenvalue weighted by Gasteiger charge is -2.38. The van der Waals surface area contributed by atoms with Gasteiger partial charge in [-0.2, -0.15) is 0 Å². The molecule has 1 aromatic carbocycles. The maximum absolute atomic E-state index is 12.7. The van der Waals surface area contributed by atoms with E-state index in [4.69, 9.17) is 16.2 Å². The van der Waals surface area contributed by atoms with Gasteiger partial charge in [0, 0.05) is 50.6 Å². The Labute approximate surface area is 172 Å². The van der Waals surface area contributed by atoms with Gasteiger partial charge in [-0.25, -0.2) is 0 Å². The molecule has 2 amide bonds. The molecule has 0 bridgehead atoms. The van der Waals surface area contributed by atoms with Crippen LogP contribution in [0.4, 0.5) is 5.69 Å². The van der Waals surface area contributed by atoms with Crippen LogP contribution in [0.2, 0.25) is 0 Å². The van der Waals surface area contributed by atoms with E-state index < -0.39 is 11.9 Å². The number of piperazine rings is 1. The Balaban J connectivity index is 0.00000182. The molecule has 152 valence electrons. The number of hydrogen-bond acceptors (Lipinski definition) is 5. The fraction of sp³-hybridized carbons (Fsp3) is 0.556. The first-order chi connectivity index (χ1) is 12.1. The molecule has 2 heterocycles. The Hall–Kier alpha value is -1.54. The fourth-order valence-electron chi connectivity index (χ4n) is 3.51. The minimum absolute atomic E-state index is 0. The summed E-state index contributed by atoms with van der Waals surface area (Å²) in [5, 5.41) is 0. The van der Waals surface area contributed by atoms with Crippen LogP contribution in [-0.2, 0) is 9.53 Å². The highest BCUT2D eigenvalue weighted by molar-refractivity contribution is 5.93. The Bertz CT molecular complexity index is 616. The van der Waals surface area contributed by atoms with Gasteiger partial charge in [-0.3, -0.25) is 9.59 Å². The number of carbonyl (C=O) groups is 2. The van der Waals surface area contributed by atoms with E-state index in [1.807, 2.05) is 17.0 Å². The van der Waals surface area contributed by atoms with Gasteiger partial charge in [0.25, 0.3) is 0 Å². The standard InChI is InChI=1S/C18H26N4O3.2ClH/c19-16(13-5-11-25-12-6-13)18(24)22-9-7-21(8-10-22)15-3-1-14(2-4-15)17(20)23;;/h1-4,13,16H,5-12,19H2,(H2,20,23);2*1H. The number of anilines is 1. The van der Waals surface area contributed by atoms with Crippen LogP contribution in [0.15, 0.2) is 24.3 Å². The number of benzene rings is 1. The second-order valence-electron chi connectivity index (χ2n) is 6.70. The molecular formula is C18H28Cl2N4O3. The second kappa shape index (κ2) is 10.7. The molecule has 1 aromatic rings. The summed E-state index contributed by atoms with van der Waals surface area (Å²) in [5.74, 6) is -0.152. The topological polar surface area (TPSA) is 102 Å². The van der Waals surface area contributed by atoms with Gasteiger partial charge in [-0.15, -0.1) is 24.8 Å². The average molecular weight is 419 g/mol. The highest BCUT2D eigenvalue weighted by atomic mass is 35.5. The maximum atomic E-state index is 12.7. The number of amides is 2. The number of halogens is 2. The van der Waals surface area contributed by atoms with Gasteiger partial charge in [0.1, 0.15) is 0 Å². The molecule has 27 heavy (non-hydrogen) atoms. The van der Waals surface area contributed by atoms with E-state index in [9.17, 15) is 9.59 Å². The van der Waals surface area contributed by atoms with Crippen LogP contribution in [0.25, 0.3) is 0 Å². The molecule has 0 spiro atoms. The van der Waals surface area contributed by atoms with E-state index in [0.29, 0.717) is 31.9 Å². The maximum Gasteiger partial charge on any atom is 0.248 e. The van der Waals surface area contributed by atoms with Crippen molar-refractivity contribution in [3.63, 3.8) is 0 Å². The highest BCUT2D eigenvalue weighted by Crippen LogP contribution is 2.21. The van der Waals surface area contributed by atoms with E-state index in [1.165, 1.54) is 0 Å². The van der Waals surface area contributed by atoms with Crippen LogP contribution in [0, 0.1) is 5.92 Å². The summed E-state index contributed by atoms with van der Waals surface area (Å²) >= 11 is 0. The van der Waals surface area contributed by atoms with Crippen LogP contribution in [-0.4, -0.2) is 62.1 Å². The minimum Gasteiger partial charge on any atom is -0.381 e. The molecule has 2 aliphatic heterocycles. The number of hydrogen-bond donors (Lipinski definition) is 2. The third kappa shape index (κ3) is 5.72. The molecule has 7 nitrogen and oxygen atoms in total. The smallest absolute Gasteiger partial charge is 0.248 e. The summed E-state index contributed by atoms with van der Waals surface area (Å²) in [7, 11) is 0. The normalized spacial score (nSPS) is 18.9. The fourth-order valence-corrected chi connectivity index (χ4v) is 3.51. The zero-order valence-electron chi connectivity index (χ0n) is 15.2. The van der Waals surface area contributed by atoms with Crippen molar-refractivity contribution in [3.05, 3.63) is 29.8 Å². The molecular weight excluding hydrogens is 391 g/mol. The van der Waals surface area contributed by atoms with E-state index in [2.05, 4.69) is 4.90 Å². The molecule has 2 saturated heterocycles. The quantitative estimate of drug-likeness (QED) is 0.759. The number of nitrogens with two attached hydrogens (primary N) is 2. The van der Waals surface area contributed by atoms with Crippen molar-refractivity contribution in [1.29, 1.82) is 0 Å². The Morgan fingerprint density at radius 1 is 1.00 bits per heavy atom. The van der Waals surface area contributed by atoms with E-state index in [0.717, 1.165) is 31.6 Å². The van der Waals surface area contributed by atoms with Crippen molar-refractivity contribution in [2.45, 2.75) is 18.9 Å². The number of carbonyl (C=O) groups excluding carboxylic acids is 2. The lowest BCUT2D eigenvalue weighted by atomic mass is 9.91. The molecule has 2 fully saturated rings.